The topological polar surface area (TPSA) is 53.6 Å². The van der Waals surface area contributed by atoms with Crippen molar-refractivity contribution >= 4 is 16.9 Å². The van der Waals surface area contributed by atoms with Gasteiger partial charge in [-0.3, -0.25) is 0 Å². The molecule has 2 N–H and O–H groups in total. The first-order chi connectivity index (χ1) is 7.02. The molecule has 0 bridgehead atoms. The molecule has 0 unspecified atom stereocenters. The molecule has 0 aromatic carbocycles. The smallest absolute Gasteiger partial charge is 0.145 e. The number of aromatic nitrogens is 3. The molecule has 0 aliphatic rings. The van der Waals surface area contributed by atoms with E-state index in [9.17, 15) is 4.39 Å². The van der Waals surface area contributed by atoms with Crippen molar-refractivity contribution in [1.29, 1.82) is 0 Å². The number of aromatic amines is 1. The van der Waals surface area contributed by atoms with Gasteiger partial charge in [0.25, 0.3) is 0 Å². The van der Waals surface area contributed by atoms with E-state index in [1.807, 2.05) is 0 Å². The number of rotatable bonds is 2. The van der Waals surface area contributed by atoms with Crippen LogP contribution in [0, 0.1) is 0 Å². The van der Waals surface area contributed by atoms with E-state index in [4.69, 9.17) is 0 Å². The summed E-state index contributed by atoms with van der Waals surface area (Å²) in [5.41, 5.74) is -0.240. The Morgan fingerprint density at radius 2 is 2.13 bits per heavy atom. The zero-order valence-electron chi connectivity index (χ0n) is 8.93. The van der Waals surface area contributed by atoms with E-state index >= 15 is 0 Å². The minimum Gasteiger partial charge on any atom is -0.372 e. The molecule has 80 valence electrons. The van der Waals surface area contributed by atoms with Crippen LogP contribution in [0.5, 0.6) is 0 Å². The van der Waals surface area contributed by atoms with Crippen molar-refractivity contribution in [2.24, 2.45) is 0 Å². The Labute approximate surface area is 86.9 Å². The molecule has 0 aliphatic carbocycles. The number of halogens is 1. The number of fused-ring (bicyclic) bond motifs is 1. The Balaban J connectivity index is 2.65. The van der Waals surface area contributed by atoms with E-state index in [2.05, 4.69) is 20.3 Å². The van der Waals surface area contributed by atoms with Crippen LogP contribution in [-0.2, 0) is 5.67 Å². The normalized spacial score (nSPS) is 12.0. The average molecular weight is 208 g/mol. The average Bonchev–Trinajstić information content (AvgIpc) is 2.59. The van der Waals surface area contributed by atoms with Crippen molar-refractivity contribution in [3.8, 4) is 0 Å². The molecule has 15 heavy (non-hydrogen) atoms. The van der Waals surface area contributed by atoms with Crippen LogP contribution in [0.4, 0.5) is 10.2 Å². The van der Waals surface area contributed by atoms with Gasteiger partial charge < -0.3 is 10.3 Å². The molecule has 2 aromatic rings. The summed E-state index contributed by atoms with van der Waals surface area (Å²) in [6, 6.07) is 1.74. The minimum atomic E-state index is -1.40. The third kappa shape index (κ3) is 1.65. The fraction of sp³-hybridized carbons (Fsp3) is 0.400. The lowest BCUT2D eigenvalue weighted by atomic mass is 10.1. The van der Waals surface area contributed by atoms with Gasteiger partial charge in [0.2, 0.25) is 0 Å². The van der Waals surface area contributed by atoms with Gasteiger partial charge in [-0.1, -0.05) is 0 Å². The Morgan fingerprint density at radius 3 is 2.73 bits per heavy atom. The highest BCUT2D eigenvalue weighted by Crippen LogP contribution is 2.28. The summed E-state index contributed by atoms with van der Waals surface area (Å²) in [7, 11) is 1.77. The maximum Gasteiger partial charge on any atom is 0.145 e. The molecular weight excluding hydrogens is 195 g/mol. The molecule has 0 fully saturated rings. The molecule has 0 saturated carbocycles. The van der Waals surface area contributed by atoms with Gasteiger partial charge in [-0.25, -0.2) is 14.4 Å². The summed E-state index contributed by atoms with van der Waals surface area (Å²) >= 11 is 0. The van der Waals surface area contributed by atoms with Gasteiger partial charge in [0.1, 0.15) is 23.5 Å². The number of nitrogens with one attached hydrogen (secondary N) is 2. The lowest BCUT2D eigenvalue weighted by Crippen LogP contribution is -2.08. The van der Waals surface area contributed by atoms with Gasteiger partial charge in [0.05, 0.1) is 11.1 Å². The van der Waals surface area contributed by atoms with Gasteiger partial charge in [-0.2, -0.15) is 0 Å². The first-order valence-electron chi connectivity index (χ1n) is 4.73. The van der Waals surface area contributed by atoms with Crippen LogP contribution in [0.3, 0.4) is 0 Å². The standard InChI is InChI=1S/C10H13FN4/c1-10(2,11)7-4-6-8(12-3)13-5-14-9(6)15-7/h4-5H,1-3H3,(H2,12,13,14,15). The van der Waals surface area contributed by atoms with Gasteiger partial charge in [-0.05, 0) is 19.9 Å². The lowest BCUT2D eigenvalue weighted by molar-refractivity contribution is 0.215. The van der Waals surface area contributed by atoms with Crippen LogP contribution < -0.4 is 5.32 Å². The summed E-state index contributed by atoms with van der Waals surface area (Å²) in [4.78, 5) is 11.1. The predicted molar refractivity (Wildman–Crippen MR) is 57.6 cm³/mol. The quantitative estimate of drug-likeness (QED) is 0.795. The summed E-state index contributed by atoms with van der Waals surface area (Å²) in [6.45, 7) is 3.01. The number of alkyl halides is 1. The lowest BCUT2D eigenvalue weighted by Gasteiger charge is -2.10. The summed E-state index contributed by atoms with van der Waals surface area (Å²) in [6.07, 6.45) is 1.44. The summed E-state index contributed by atoms with van der Waals surface area (Å²) < 4.78 is 13.7. The van der Waals surface area contributed by atoms with E-state index in [1.165, 1.54) is 20.2 Å². The molecule has 0 spiro atoms. The molecule has 0 aliphatic heterocycles. The number of anilines is 1. The first-order valence-corrected chi connectivity index (χ1v) is 4.73. The van der Waals surface area contributed by atoms with E-state index in [1.54, 1.807) is 13.1 Å². The summed E-state index contributed by atoms with van der Waals surface area (Å²) in [5, 5.41) is 3.75. The molecule has 0 atom stereocenters. The Bertz CT molecular complexity index is 484. The zero-order valence-corrected chi connectivity index (χ0v) is 8.93. The van der Waals surface area contributed by atoms with Crippen LogP contribution in [0.15, 0.2) is 12.4 Å². The number of hydrogen-bond donors (Lipinski definition) is 2. The van der Waals surface area contributed by atoms with Gasteiger partial charge >= 0.3 is 0 Å². The molecule has 2 rings (SSSR count). The van der Waals surface area contributed by atoms with Crippen LogP contribution in [-0.4, -0.2) is 22.0 Å². The van der Waals surface area contributed by atoms with Crippen molar-refractivity contribution in [3.63, 3.8) is 0 Å². The zero-order chi connectivity index (χ0) is 11.1. The van der Waals surface area contributed by atoms with Crippen molar-refractivity contribution in [2.45, 2.75) is 19.5 Å². The SMILES string of the molecule is CNc1ncnc2[nH]c(C(C)(C)F)cc12. The molecule has 0 saturated heterocycles. The summed E-state index contributed by atoms with van der Waals surface area (Å²) in [5.74, 6) is 0.701. The van der Waals surface area contributed by atoms with E-state index in [-0.39, 0.29) is 0 Å². The van der Waals surface area contributed by atoms with E-state index in [0.717, 1.165) is 5.39 Å². The molecule has 5 heteroatoms. The predicted octanol–water partition coefficient (Wildman–Crippen LogP) is 2.20. The molecule has 2 heterocycles. The van der Waals surface area contributed by atoms with E-state index in [0.29, 0.717) is 17.2 Å². The molecule has 2 aromatic heterocycles. The highest BCUT2D eigenvalue weighted by Gasteiger charge is 2.22. The van der Waals surface area contributed by atoms with Gasteiger partial charge in [0.15, 0.2) is 0 Å². The van der Waals surface area contributed by atoms with Crippen molar-refractivity contribution in [1.82, 2.24) is 15.0 Å². The molecule has 0 amide bonds. The highest BCUT2D eigenvalue weighted by atomic mass is 19.1. The van der Waals surface area contributed by atoms with Gasteiger partial charge in [-0.15, -0.1) is 0 Å². The fourth-order valence-electron chi connectivity index (χ4n) is 1.46. The van der Waals surface area contributed by atoms with Crippen LogP contribution in [0.25, 0.3) is 11.0 Å². The second kappa shape index (κ2) is 3.18. The largest absolute Gasteiger partial charge is 0.372 e. The second-order valence-electron chi connectivity index (χ2n) is 3.89. The Morgan fingerprint density at radius 1 is 1.40 bits per heavy atom. The van der Waals surface area contributed by atoms with Crippen molar-refractivity contribution < 1.29 is 4.39 Å². The first kappa shape index (κ1) is 9.89. The van der Waals surface area contributed by atoms with Crippen LogP contribution >= 0.6 is 0 Å². The van der Waals surface area contributed by atoms with Crippen LogP contribution in [0.1, 0.15) is 19.5 Å². The number of nitrogens with zero attached hydrogens (tertiary/aromatic N) is 2. The minimum absolute atomic E-state index is 0.509. The van der Waals surface area contributed by atoms with Crippen molar-refractivity contribution in [3.05, 3.63) is 18.1 Å². The van der Waals surface area contributed by atoms with Gasteiger partial charge in [0, 0.05) is 7.05 Å². The highest BCUT2D eigenvalue weighted by molar-refractivity contribution is 5.87. The molecule has 0 radical (unpaired) electrons. The monoisotopic (exact) mass is 208 g/mol. The third-order valence-corrected chi connectivity index (χ3v) is 2.30. The maximum atomic E-state index is 13.7. The third-order valence-electron chi connectivity index (χ3n) is 2.30. The number of hydrogen-bond acceptors (Lipinski definition) is 3. The van der Waals surface area contributed by atoms with Crippen molar-refractivity contribution in [2.75, 3.05) is 12.4 Å². The second-order valence-corrected chi connectivity index (χ2v) is 3.89. The van der Waals surface area contributed by atoms with Crippen LogP contribution in [0.2, 0.25) is 0 Å². The maximum absolute atomic E-state index is 13.7. The van der Waals surface area contributed by atoms with E-state index < -0.39 is 5.67 Å². The molecular formula is C10H13FN4. The Hall–Kier alpha value is -1.65. The number of H-pyrrole nitrogens is 1. The Kier molecular flexibility index (Phi) is 2.10. The fourth-order valence-corrected chi connectivity index (χ4v) is 1.46. The molecule has 4 nitrogen and oxygen atoms in total.